The maximum absolute atomic E-state index is 13.6. The highest BCUT2D eigenvalue weighted by Gasteiger charge is 2.16. The Kier molecular flexibility index (Phi) is 4.26. The Morgan fingerprint density at radius 3 is 2.68 bits per heavy atom. The number of benzene rings is 1. The topological polar surface area (TPSA) is 85.2 Å². The Bertz CT molecular complexity index is 994. The maximum atomic E-state index is 13.6. The summed E-state index contributed by atoms with van der Waals surface area (Å²) in [4.78, 5) is 14.9. The summed E-state index contributed by atoms with van der Waals surface area (Å²) in [5.41, 5.74) is 2.32. The molecule has 8 heteroatoms. The number of aryl methyl sites for hydroxylation is 1. The Labute approximate surface area is 143 Å². The smallest absolute Gasteiger partial charge is 0.271 e. The van der Waals surface area contributed by atoms with Crippen molar-refractivity contribution in [2.24, 2.45) is 10.2 Å². The molecule has 0 aliphatic heterocycles. The van der Waals surface area contributed by atoms with Crippen LogP contribution in [0.5, 0.6) is 0 Å². The first kappa shape index (κ1) is 16.7. The van der Waals surface area contributed by atoms with Crippen LogP contribution in [-0.4, -0.2) is 14.3 Å². The number of nitrogens with zero attached hydrogens (tertiary/aromatic N) is 5. The Morgan fingerprint density at radius 2 is 2.00 bits per heavy atom. The van der Waals surface area contributed by atoms with Crippen molar-refractivity contribution < 1.29 is 9.31 Å². The van der Waals surface area contributed by atoms with Crippen molar-refractivity contribution in [1.82, 2.24) is 9.38 Å². The lowest BCUT2D eigenvalue weighted by atomic mass is 10.1. The van der Waals surface area contributed by atoms with E-state index in [-0.39, 0.29) is 11.6 Å². The van der Waals surface area contributed by atoms with E-state index >= 15 is 0 Å². The van der Waals surface area contributed by atoms with Crippen molar-refractivity contribution in [2.75, 3.05) is 0 Å². The third kappa shape index (κ3) is 3.23. The SMILES string of the molecule is Cc1ccc([N+](=O)[O-])cc1N=Nc1c(C(C)C)nc2ccc(F)cn12. The van der Waals surface area contributed by atoms with Crippen LogP contribution in [0, 0.1) is 22.9 Å². The number of hydrogen-bond donors (Lipinski definition) is 0. The second kappa shape index (κ2) is 6.39. The van der Waals surface area contributed by atoms with Gasteiger partial charge in [0.15, 0.2) is 5.82 Å². The minimum absolute atomic E-state index is 0.0584. The zero-order valence-electron chi connectivity index (χ0n) is 14.0. The molecule has 25 heavy (non-hydrogen) atoms. The van der Waals surface area contributed by atoms with Crippen molar-refractivity contribution in [3.05, 3.63) is 63.7 Å². The third-order valence-corrected chi connectivity index (χ3v) is 3.79. The van der Waals surface area contributed by atoms with Crippen LogP contribution in [0.1, 0.15) is 31.0 Å². The van der Waals surface area contributed by atoms with E-state index in [1.54, 1.807) is 19.1 Å². The first-order valence-corrected chi connectivity index (χ1v) is 7.71. The van der Waals surface area contributed by atoms with Crippen molar-refractivity contribution in [2.45, 2.75) is 26.7 Å². The van der Waals surface area contributed by atoms with Crippen molar-refractivity contribution in [1.29, 1.82) is 0 Å². The summed E-state index contributed by atoms with van der Waals surface area (Å²) in [6.45, 7) is 5.70. The van der Waals surface area contributed by atoms with E-state index in [0.29, 0.717) is 22.8 Å². The fourth-order valence-electron chi connectivity index (χ4n) is 2.43. The molecule has 3 rings (SSSR count). The summed E-state index contributed by atoms with van der Waals surface area (Å²) >= 11 is 0. The van der Waals surface area contributed by atoms with Crippen LogP contribution < -0.4 is 0 Å². The van der Waals surface area contributed by atoms with E-state index in [4.69, 9.17) is 0 Å². The van der Waals surface area contributed by atoms with Gasteiger partial charge < -0.3 is 0 Å². The number of fused-ring (bicyclic) bond motifs is 1. The van der Waals surface area contributed by atoms with Gasteiger partial charge in [0, 0.05) is 18.3 Å². The molecule has 0 saturated heterocycles. The number of nitro groups is 1. The summed E-state index contributed by atoms with van der Waals surface area (Å²) in [5.74, 6) is 0.0571. The van der Waals surface area contributed by atoms with E-state index in [0.717, 1.165) is 5.56 Å². The van der Waals surface area contributed by atoms with Crippen LogP contribution in [0.2, 0.25) is 0 Å². The molecule has 1 aromatic carbocycles. The molecule has 0 atom stereocenters. The van der Waals surface area contributed by atoms with Gasteiger partial charge in [-0.15, -0.1) is 10.2 Å². The minimum Gasteiger partial charge on any atom is -0.280 e. The van der Waals surface area contributed by atoms with Crippen molar-refractivity contribution >= 4 is 22.8 Å². The number of non-ortho nitro benzene ring substituents is 1. The van der Waals surface area contributed by atoms with Gasteiger partial charge in [0.1, 0.15) is 11.5 Å². The number of azo groups is 1. The Morgan fingerprint density at radius 1 is 1.24 bits per heavy atom. The summed E-state index contributed by atoms with van der Waals surface area (Å²) < 4.78 is 15.1. The number of pyridine rings is 1. The molecule has 2 aromatic heterocycles. The van der Waals surface area contributed by atoms with Gasteiger partial charge in [-0.1, -0.05) is 19.9 Å². The van der Waals surface area contributed by atoms with Gasteiger partial charge in [-0.2, -0.15) is 0 Å². The van der Waals surface area contributed by atoms with Gasteiger partial charge in [-0.3, -0.25) is 14.5 Å². The molecular formula is C17H16FN5O2. The summed E-state index contributed by atoms with van der Waals surface area (Å²) in [5, 5.41) is 19.3. The predicted octanol–water partition coefficient (Wildman–Crippen LogP) is 5.23. The van der Waals surface area contributed by atoms with Gasteiger partial charge >= 0.3 is 0 Å². The number of rotatable bonds is 4. The summed E-state index contributed by atoms with van der Waals surface area (Å²) in [6, 6.07) is 7.29. The van der Waals surface area contributed by atoms with Gasteiger partial charge in [-0.25, -0.2) is 9.37 Å². The van der Waals surface area contributed by atoms with E-state index in [2.05, 4.69) is 15.2 Å². The number of aromatic nitrogens is 2. The molecule has 0 N–H and O–H groups in total. The number of halogens is 1. The standard InChI is InChI=1S/C17H16FN5O2/c1-10(2)16-17(22-9-12(18)5-7-15(22)19-16)21-20-14-8-13(23(24)25)6-4-11(14)3/h4-10H,1-3H3. The van der Waals surface area contributed by atoms with Crippen LogP contribution in [-0.2, 0) is 0 Å². The number of imidazole rings is 1. The molecule has 3 aromatic rings. The molecule has 0 radical (unpaired) electrons. The summed E-state index contributed by atoms with van der Waals surface area (Å²) in [6.07, 6.45) is 1.29. The molecule has 0 bridgehead atoms. The first-order chi connectivity index (χ1) is 11.9. The number of hydrogen-bond acceptors (Lipinski definition) is 5. The third-order valence-electron chi connectivity index (χ3n) is 3.79. The van der Waals surface area contributed by atoms with E-state index in [1.165, 1.54) is 28.8 Å². The van der Waals surface area contributed by atoms with Gasteiger partial charge in [0.2, 0.25) is 0 Å². The lowest BCUT2D eigenvalue weighted by Crippen LogP contribution is -1.89. The minimum atomic E-state index is -0.485. The van der Waals surface area contributed by atoms with E-state index in [9.17, 15) is 14.5 Å². The molecule has 2 heterocycles. The Balaban J connectivity index is 2.12. The van der Waals surface area contributed by atoms with Crippen LogP contribution in [0.3, 0.4) is 0 Å². The molecular weight excluding hydrogens is 325 g/mol. The second-order valence-electron chi connectivity index (χ2n) is 5.98. The monoisotopic (exact) mass is 341 g/mol. The zero-order valence-corrected chi connectivity index (χ0v) is 14.0. The zero-order chi connectivity index (χ0) is 18.1. The molecule has 0 aliphatic rings. The van der Waals surface area contributed by atoms with E-state index in [1.807, 2.05) is 13.8 Å². The summed E-state index contributed by atoms with van der Waals surface area (Å²) in [7, 11) is 0. The van der Waals surface area contributed by atoms with Crippen LogP contribution in [0.25, 0.3) is 5.65 Å². The van der Waals surface area contributed by atoms with E-state index < -0.39 is 10.7 Å². The molecule has 0 spiro atoms. The highest BCUT2D eigenvalue weighted by molar-refractivity contribution is 5.55. The molecule has 0 amide bonds. The second-order valence-corrected chi connectivity index (χ2v) is 5.98. The first-order valence-electron chi connectivity index (χ1n) is 7.71. The number of nitro benzene ring substituents is 1. The largest absolute Gasteiger partial charge is 0.280 e. The fourth-order valence-corrected chi connectivity index (χ4v) is 2.43. The fraction of sp³-hybridized carbons (Fsp3) is 0.235. The maximum Gasteiger partial charge on any atom is 0.271 e. The average molecular weight is 341 g/mol. The normalized spacial score (nSPS) is 11.7. The van der Waals surface area contributed by atoms with Crippen LogP contribution >= 0.6 is 0 Å². The molecule has 7 nitrogen and oxygen atoms in total. The molecule has 0 fully saturated rings. The van der Waals surface area contributed by atoms with Gasteiger partial charge in [0.25, 0.3) is 5.69 Å². The highest BCUT2D eigenvalue weighted by Crippen LogP contribution is 2.31. The van der Waals surface area contributed by atoms with Gasteiger partial charge in [-0.05, 0) is 30.5 Å². The lowest BCUT2D eigenvalue weighted by Gasteiger charge is -2.03. The predicted molar refractivity (Wildman–Crippen MR) is 91.2 cm³/mol. The van der Waals surface area contributed by atoms with Crippen LogP contribution in [0.15, 0.2) is 46.8 Å². The lowest BCUT2D eigenvalue weighted by molar-refractivity contribution is -0.384. The van der Waals surface area contributed by atoms with Crippen molar-refractivity contribution in [3.63, 3.8) is 0 Å². The molecule has 0 saturated carbocycles. The molecule has 0 unspecified atom stereocenters. The highest BCUT2D eigenvalue weighted by atomic mass is 19.1. The van der Waals surface area contributed by atoms with Gasteiger partial charge in [0.05, 0.1) is 16.3 Å². The molecule has 128 valence electrons. The van der Waals surface area contributed by atoms with Crippen LogP contribution in [0.4, 0.5) is 21.6 Å². The average Bonchev–Trinajstić information content (AvgIpc) is 2.92. The van der Waals surface area contributed by atoms with Crippen molar-refractivity contribution in [3.8, 4) is 0 Å². The Hall–Kier alpha value is -3.16. The molecule has 0 aliphatic carbocycles. The quantitative estimate of drug-likeness (QED) is 0.370.